The Kier molecular flexibility index (Phi) is 18.8. The number of rotatable bonds is 16. The highest BCUT2D eigenvalue weighted by Crippen LogP contribution is 2.38. The van der Waals surface area contributed by atoms with Crippen molar-refractivity contribution in [2.75, 3.05) is 88.1 Å². The molecule has 2 amide bonds. The van der Waals surface area contributed by atoms with E-state index in [1.807, 2.05) is 67.9 Å². The highest BCUT2D eigenvalue weighted by Gasteiger charge is 2.33. The fourth-order valence-corrected chi connectivity index (χ4v) is 6.32. The van der Waals surface area contributed by atoms with E-state index in [2.05, 4.69) is 31.7 Å². The fourth-order valence-electron chi connectivity index (χ4n) is 6.32. The number of carbonyl (C=O) groups is 2. The second-order valence-electron chi connectivity index (χ2n) is 14.3. The molecule has 17 heteroatoms. The maximum Gasteiger partial charge on any atom is 0.251 e. The van der Waals surface area contributed by atoms with Crippen molar-refractivity contribution < 1.29 is 27.8 Å². The molecule has 4 rings (SSSR count). The number of anilines is 3. The molecule has 2 aromatic rings. The summed E-state index contributed by atoms with van der Waals surface area (Å²) in [5, 5.41) is 15.0. The van der Waals surface area contributed by atoms with Crippen molar-refractivity contribution in [3.63, 3.8) is 0 Å². The number of likely N-dealkylation sites (tertiary alicyclic amines) is 1. The highest BCUT2D eigenvalue weighted by atomic mass is 19.3. The van der Waals surface area contributed by atoms with Gasteiger partial charge in [0.25, 0.3) is 11.8 Å². The van der Waals surface area contributed by atoms with E-state index in [9.17, 15) is 18.4 Å². The Morgan fingerprint density at radius 3 is 2.33 bits per heavy atom. The van der Waals surface area contributed by atoms with E-state index in [0.717, 1.165) is 11.4 Å². The first-order chi connectivity index (χ1) is 28.9. The maximum absolute atomic E-state index is 13.6. The van der Waals surface area contributed by atoms with Gasteiger partial charge in [0.15, 0.2) is 0 Å². The summed E-state index contributed by atoms with van der Waals surface area (Å²) in [6.45, 7) is 12.5. The van der Waals surface area contributed by atoms with Crippen molar-refractivity contribution in [1.29, 1.82) is 0 Å². The third kappa shape index (κ3) is 15.3. The van der Waals surface area contributed by atoms with Crippen LogP contribution in [0.3, 0.4) is 0 Å². The lowest BCUT2D eigenvalue weighted by atomic mass is 10.1. The van der Waals surface area contributed by atoms with Crippen LogP contribution in [-0.2, 0) is 0 Å². The molecule has 326 valence electrons. The second kappa shape index (κ2) is 24.2. The van der Waals surface area contributed by atoms with Gasteiger partial charge in [-0.25, -0.2) is 8.78 Å². The first-order valence-electron chi connectivity index (χ1n) is 20.5. The van der Waals surface area contributed by atoms with Crippen LogP contribution in [0.15, 0.2) is 75.9 Å². The molecule has 0 saturated carbocycles. The third-order valence-electron chi connectivity index (χ3n) is 9.41. The van der Waals surface area contributed by atoms with E-state index in [1.54, 1.807) is 36.6 Å². The Hall–Kier alpha value is -5.97. The first kappa shape index (κ1) is 46.7. The van der Waals surface area contributed by atoms with Crippen molar-refractivity contribution in [1.82, 2.24) is 21.1 Å². The number of nitrogens with zero attached hydrogens (tertiary/aromatic N) is 5. The summed E-state index contributed by atoms with van der Waals surface area (Å²) < 4.78 is 39.9. The monoisotopic (exact) mass is 833 g/mol. The number of amides is 2. The summed E-state index contributed by atoms with van der Waals surface area (Å²) in [7, 11) is 0. The van der Waals surface area contributed by atoms with Crippen molar-refractivity contribution in [3.05, 3.63) is 71.8 Å². The number of hydrogen-bond acceptors (Lipinski definition) is 13. The van der Waals surface area contributed by atoms with Crippen LogP contribution in [-0.4, -0.2) is 112 Å². The molecule has 8 N–H and O–H groups in total. The second-order valence-corrected chi connectivity index (χ2v) is 14.3. The van der Waals surface area contributed by atoms with E-state index in [4.69, 9.17) is 25.9 Å². The van der Waals surface area contributed by atoms with Gasteiger partial charge in [-0.3, -0.25) is 14.6 Å². The van der Waals surface area contributed by atoms with Gasteiger partial charge in [-0.05, 0) is 83.2 Å². The molecule has 2 aromatic carbocycles. The largest absolute Gasteiger partial charge is 0.491 e. The average molecular weight is 834 g/mol. The van der Waals surface area contributed by atoms with Gasteiger partial charge >= 0.3 is 0 Å². The number of nitrogens with two attached hydrogens (primary N) is 2. The SMILES string of the molecule is CCN/N=C(C)\C=C\C=Nc1cc(C(=O)NCCCN2CCC(F)(F)CC2)cc2c1NC/C=C/CN(C/C=C/C(C)=N\NCC)c1c(N)cc(C(N)=O)cc1OCCCO2. The predicted octanol–water partition coefficient (Wildman–Crippen LogP) is 5.64. The van der Waals surface area contributed by atoms with Gasteiger partial charge in [-0.2, -0.15) is 10.2 Å². The van der Waals surface area contributed by atoms with Crippen LogP contribution in [0.2, 0.25) is 0 Å². The minimum atomic E-state index is -2.60. The molecular weight excluding hydrogens is 773 g/mol. The molecule has 0 atom stereocenters. The summed E-state index contributed by atoms with van der Waals surface area (Å²) in [6, 6.07) is 6.54. The molecule has 0 aromatic heterocycles. The summed E-state index contributed by atoms with van der Waals surface area (Å²) in [6.07, 6.45) is 13.8. The van der Waals surface area contributed by atoms with Crippen LogP contribution in [0.4, 0.5) is 31.5 Å². The number of ether oxygens (including phenoxy) is 2. The quantitative estimate of drug-likeness (QED) is 0.0405. The molecule has 2 aliphatic rings. The average Bonchev–Trinajstić information content (AvgIpc) is 3.22. The maximum atomic E-state index is 13.6. The Morgan fingerprint density at radius 2 is 1.63 bits per heavy atom. The van der Waals surface area contributed by atoms with Crippen molar-refractivity contribution in [2.24, 2.45) is 20.9 Å². The van der Waals surface area contributed by atoms with Crippen molar-refractivity contribution in [2.45, 2.75) is 59.3 Å². The Balaban J connectivity index is 1.62. The number of alkyl halides is 2. The minimum Gasteiger partial charge on any atom is -0.491 e. The number of primary amides is 1. The number of aliphatic imine (C=N–C) groups is 1. The number of benzene rings is 2. The number of hydrogen-bond donors (Lipinski definition) is 6. The third-order valence-corrected chi connectivity index (χ3v) is 9.41. The predicted molar refractivity (Wildman–Crippen MR) is 239 cm³/mol. The van der Waals surface area contributed by atoms with E-state index in [1.165, 1.54) is 0 Å². The van der Waals surface area contributed by atoms with Gasteiger partial charge in [-0.1, -0.05) is 18.2 Å². The lowest BCUT2D eigenvalue weighted by Gasteiger charge is -2.31. The van der Waals surface area contributed by atoms with Gasteiger partial charge < -0.3 is 52.2 Å². The van der Waals surface area contributed by atoms with Crippen molar-refractivity contribution >= 4 is 52.2 Å². The Labute approximate surface area is 352 Å². The van der Waals surface area contributed by atoms with E-state index in [0.29, 0.717) is 112 Å². The van der Waals surface area contributed by atoms with E-state index < -0.39 is 11.8 Å². The van der Waals surface area contributed by atoms with Crippen LogP contribution >= 0.6 is 0 Å². The molecule has 1 fully saturated rings. The molecule has 2 heterocycles. The zero-order chi connectivity index (χ0) is 43.3. The Morgan fingerprint density at radius 1 is 0.950 bits per heavy atom. The topological polar surface area (TPSA) is 196 Å². The van der Waals surface area contributed by atoms with Crippen LogP contribution < -0.4 is 47.3 Å². The molecule has 0 aliphatic carbocycles. The number of carbonyl (C=O) groups excluding carboxylic acids is 2. The number of halogens is 2. The highest BCUT2D eigenvalue weighted by molar-refractivity contribution is 5.99. The molecule has 0 bridgehead atoms. The van der Waals surface area contributed by atoms with Crippen LogP contribution in [0.5, 0.6) is 11.5 Å². The van der Waals surface area contributed by atoms with Crippen LogP contribution in [0, 0.1) is 0 Å². The number of nitrogens with one attached hydrogen (secondary N) is 4. The van der Waals surface area contributed by atoms with Crippen molar-refractivity contribution in [3.8, 4) is 11.5 Å². The van der Waals surface area contributed by atoms with Gasteiger partial charge in [0.2, 0.25) is 5.91 Å². The minimum absolute atomic E-state index is 0.146. The molecule has 1 saturated heterocycles. The Bertz CT molecular complexity index is 1920. The molecule has 60 heavy (non-hydrogen) atoms. The molecule has 0 unspecified atom stereocenters. The zero-order valence-electron chi connectivity index (χ0n) is 35.2. The number of hydrazone groups is 2. The normalized spacial score (nSPS) is 17.5. The zero-order valence-corrected chi connectivity index (χ0v) is 35.2. The number of nitrogen functional groups attached to an aromatic ring is 1. The fraction of sp³-hybridized carbons (Fsp3) is 0.465. The molecule has 2 aliphatic heterocycles. The van der Waals surface area contributed by atoms with Gasteiger partial charge in [0.05, 0.1) is 36.0 Å². The number of allylic oxidation sites excluding steroid dienone is 3. The van der Waals surface area contributed by atoms with E-state index >= 15 is 0 Å². The number of fused-ring (bicyclic) bond motifs is 2. The summed E-state index contributed by atoms with van der Waals surface area (Å²) in [5.41, 5.74) is 22.3. The van der Waals surface area contributed by atoms with Crippen LogP contribution in [0.1, 0.15) is 74.1 Å². The first-order valence-corrected chi connectivity index (χ1v) is 20.5. The van der Waals surface area contributed by atoms with Crippen LogP contribution in [0.25, 0.3) is 0 Å². The van der Waals surface area contributed by atoms with Gasteiger partial charge in [0, 0.05) is 89.0 Å². The smallest absolute Gasteiger partial charge is 0.251 e. The molecular formula is C43H61F2N11O4. The van der Waals surface area contributed by atoms with E-state index in [-0.39, 0.29) is 37.5 Å². The lowest BCUT2D eigenvalue weighted by molar-refractivity contribution is -0.0550. The molecule has 0 spiro atoms. The molecule has 15 nitrogen and oxygen atoms in total. The lowest BCUT2D eigenvalue weighted by Crippen LogP contribution is -2.40. The molecule has 0 radical (unpaired) electrons. The summed E-state index contributed by atoms with van der Waals surface area (Å²) in [5.74, 6) is -2.72. The summed E-state index contributed by atoms with van der Waals surface area (Å²) >= 11 is 0. The van der Waals surface area contributed by atoms with Gasteiger partial charge in [0.1, 0.15) is 22.9 Å². The van der Waals surface area contributed by atoms with Gasteiger partial charge in [-0.15, -0.1) is 0 Å². The summed E-state index contributed by atoms with van der Waals surface area (Å²) in [4.78, 5) is 34.6. The standard InChI is InChI=1S/C43H61F2N11O4/c1-5-51-53-31(3)13-9-18-48-36-28-34(42(58)50-19-11-20-55-23-15-43(44,45)16-24-55)30-37-39(36)49-17-7-8-21-56(22-10-14-32(4)54-52-6-2)40-35(46)27-33(41(47)57)29-38(40)60-26-12-25-59-37/h7-10,13-14,18,27-30,49,51-52H,5-6,11-12,15-17,19-26,46H2,1-4H3,(H2,47,57)(H,50,58)/b8-7+,13-9+,14-10+,48-18?,53-31-,54-32-. The number of piperidine rings is 1.